The number of carbonyl (C=O) groups is 2. The first-order chi connectivity index (χ1) is 11.3. The number of rotatable bonds is 3. The summed E-state index contributed by atoms with van der Waals surface area (Å²) in [4.78, 5) is 31.3. The number of aromatic nitrogens is 1. The Morgan fingerprint density at radius 1 is 1.12 bits per heavy atom. The van der Waals surface area contributed by atoms with Crippen molar-refractivity contribution in [1.29, 1.82) is 0 Å². The quantitative estimate of drug-likeness (QED) is 0.827. The van der Waals surface area contributed by atoms with Crippen LogP contribution in [0.25, 0.3) is 0 Å². The second kappa shape index (κ2) is 10.4. The monoisotopic (exact) mass is 402 g/mol. The predicted molar refractivity (Wildman–Crippen MR) is 104 cm³/mol. The number of halogens is 2. The molecule has 1 saturated heterocycles. The molecule has 6 nitrogen and oxygen atoms in total. The summed E-state index contributed by atoms with van der Waals surface area (Å²) in [6.07, 6.45) is 4.08. The first kappa shape index (κ1) is 21.4. The molecule has 25 heavy (non-hydrogen) atoms. The van der Waals surface area contributed by atoms with Gasteiger partial charge in [0.05, 0.1) is 5.69 Å². The van der Waals surface area contributed by atoms with E-state index in [9.17, 15) is 9.59 Å². The van der Waals surface area contributed by atoms with Crippen LogP contribution in [0.15, 0.2) is 36.0 Å². The minimum atomic E-state index is -0.239. The normalized spacial score (nSPS) is 13.8. The molecule has 136 valence electrons. The molecule has 0 radical (unpaired) electrons. The second-order valence-corrected chi connectivity index (χ2v) is 6.17. The van der Waals surface area contributed by atoms with Crippen molar-refractivity contribution in [3.8, 4) is 0 Å². The Kier molecular flexibility index (Phi) is 8.85. The molecule has 0 unspecified atom stereocenters. The molecule has 2 aromatic rings. The van der Waals surface area contributed by atoms with E-state index in [1.807, 2.05) is 10.3 Å². The van der Waals surface area contributed by atoms with E-state index in [1.54, 1.807) is 30.6 Å². The van der Waals surface area contributed by atoms with Crippen molar-refractivity contribution in [2.45, 2.75) is 6.42 Å². The van der Waals surface area contributed by atoms with Gasteiger partial charge in [-0.3, -0.25) is 14.6 Å². The number of thiophene rings is 1. The van der Waals surface area contributed by atoms with Crippen LogP contribution >= 0.6 is 36.2 Å². The highest BCUT2D eigenvalue weighted by Crippen LogP contribution is 2.25. The average molecular weight is 403 g/mol. The summed E-state index contributed by atoms with van der Waals surface area (Å²) < 4.78 is 0. The molecule has 0 aromatic carbocycles. The zero-order valence-electron chi connectivity index (χ0n) is 13.4. The van der Waals surface area contributed by atoms with E-state index in [0.29, 0.717) is 22.7 Å². The molecule has 2 N–H and O–H groups in total. The highest BCUT2D eigenvalue weighted by Gasteiger charge is 2.22. The Morgan fingerprint density at radius 2 is 1.88 bits per heavy atom. The molecule has 0 spiro atoms. The summed E-state index contributed by atoms with van der Waals surface area (Å²) >= 11 is 1.36. The molecule has 9 heteroatoms. The summed E-state index contributed by atoms with van der Waals surface area (Å²) in [7, 11) is 0. The van der Waals surface area contributed by atoms with Crippen LogP contribution in [0.1, 0.15) is 26.5 Å². The van der Waals surface area contributed by atoms with Crippen LogP contribution in [0, 0.1) is 0 Å². The highest BCUT2D eigenvalue weighted by atomic mass is 35.5. The second-order valence-electron chi connectivity index (χ2n) is 5.25. The largest absolute Gasteiger partial charge is 0.337 e. The number of nitrogens with one attached hydrogen (secondary N) is 2. The minimum Gasteiger partial charge on any atom is -0.337 e. The standard InChI is InChI=1S/C16H18N4O2S.2ClH/c21-15(12-2-6-18-7-3-12)19-13-4-11-23-14(13)16(22)20-9-1-5-17-8-10-20;;/h2-4,6-7,11,17H,1,5,8-10H2,(H,19,21);2*1H. The van der Waals surface area contributed by atoms with E-state index in [0.717, 1.165) is 26.1 Å². The molecule has 2 amide bonds. The van der Waals surface area contributed by atoms with Crippen molar-refractivity contribution < 1.29 is 9.59 Å². The lowest BCUT2D eigenvalue weighted by molar-refractivity contribution is 0.0772. The maximum atomic E-state index is 12.7. The van der Waals surface area contributed by atoms with E-state index in [-0.39, 0.29) is 36.6 Å². The first-order valence-corrected chi connectivity index (χ1v) is 8.42. The summed E-state index contributed by atoms with van der Waals surface area (Å²) in [6, 6.07) is 5.06. The zero-order valence-corrected chi connectivity index (χ0v) is 15.9. The smallest absolute Gasteiger partial charge is 0.266 e. The Bertz CT molecular complexity index is 688. The van der Waals surface area contributed by atoms with Gasteiger partial charge in [-0.05, 0) is 36.5 Å². The molecule has 1 aliphatic heterocycles. The van der Waals surface area contributed by atoms with Crippen molar-refractivity contribution in [3.05, 3.63) is 46.4 Å². The van der Waals surface area contributed by atoms with Gasteiger partial charge in [-0.1, -0.05) is 0 Å². The number of hydrogen-bond donors (Lipinski definition) is 2. The molecule has 0 bridgehead atoms. The topological polar surface area (TPSA) is 74.3 Å². The van der Waals surface area contributed by atoms with Gasteiger partial charge in [-0.25, -0.2) is 0 Å². The van der Waals surface area contributed by atoms with Crippen LogP contribution in [0.3, 0.4) is 0 Å². The van der Waals surface area contributed by atoms with E-state index in [4.69, 9.17) is 0 Å². The molecular formula is C16H20Cl2N4O2S. The average Bonchev–Trinajstić information content (AvgIpc) is 2.87. The third-order valence-electron chi connectivity index (χ3n) is 3.68. The number of carbonyl (C=O) groups excluding carboxylic acids is 2. The van der Waals surface area contributed by atoms with Crippen molar-refractivity contribution in [2.75, 3.05) is 31.5 Å². The Balaban J connectivity index is 0.00000156. The number of nitrogens with zero attached hydrogens (tertiary/aromatic N) is 2. The Morgan fingerprint density at radius 3 is 2.64 bits per heavy atom. The molecular weight excluding hydrogens is 383 g/mol. The van der Waals surface area contributed by atoms with Crippen molar-refractivity contribution in [2.24, 2.45) is 0 Å². The van der Waals surface area contributed by atoms with Crippen molar-refractivity contribution >= 4 is 53.7 Å². The van der Waals surface area contributed by atoms with Gasteiger partial charge in [0.2, 0.25) is 0 Å². The SMILES string of the molecule is Cl.Cl.O=C(Nc1ccsc1C(=O)N1CCCNCC1)c1ccncc1. The number of hydrogen-bond acceptors (Lipinski definition) is 5. The lowest BCUT2D eigenvalue weighted by Crippen LogP contribution is -2.34. The van der Waals surface area contributed by atoms with Crippen molar-refractivity contribution in [3.63, 3.8) is 0 Å². The summed E-state index contributed by atoms with van der Waals surface area (Å²) in [6.45, 7) is 3.16. The summed E-state index contributed by atoms with van der Waals surface area (Å²) in [5, 5.41) is 7.93. The molecule has 3 heterocycles. The molecule has 1 fully saturated rings. The maximum Gasteiger partial charge on any atom is 0.266 e. The van der Waals surface area contributed by atoms with Crippen LogP contribution in [0.4, 0.5) is 5.69 Å². The van der Waals surface area contributed by atoms with E-state index >= 15 is 0 Å². The molecule has 0 saturated carbocycles. The van der Waals surface area contributed by atoms with Crippen LogP contribution in [0.5, 0.6) is 0 Å². The molecule has 3 rings (SSSR count). The van der Waals surface area contributed by atoms with Crippen molar-refractivity contribution in [1.82, 2.24) is 15.2 Å². The van der Waals surface area contributed by atoms with Crippen LogP contribution in [-0.2, 0) is 0 Å². The maximum absolute atomic E-state index is 12.7. The van der Waals surface area contributed by atoms with E-state index in [1.165, 1.54) is 11.3 Å². The van der Waals surface area contributed by atoms with Gasteiger partial charge in [0.25, 0.3) is 11.8 Å². The van der Waals surface area contributed by atoms with Gasteiger partial charge >= 0.3 is 0 Å². The van der Waals surface area contributed by atoms with Gasteiger partial charge in [-0.15, -0.1) is 36.2 Å². The van der Waals surface area contributed by atoms with Crippen LogP contribution < -0.4 is 10.6 Å². The molecule has 1 aliphatic rings. The molecule has 2 aromatic heterocycles. The van der Waals surface area contributed by atoms with Crippen LogP contribution in [0.2, 0.25) is 0 Å². The molecule has 0 aliphatic carbocycles. The highest BCUT2D eigenvalue weighted by molar-refractivity contribution is 7.12. The predicted octanol–water partition coefficient (Wildman–Crippen LogP) is 2.67. The van der Waals surface area contributed by atoms with Gasteiger partial charge in [0.1, 0.15) is 4.88 Å². The summed E-state index contributed by atoms with van der Waals surface area (Å²) in [5.74, 6) is -0.258. The van der Waals surface area contributed by atoms with Gasteiger partial charge in [-0.2, -0.15) is 0 Å². The third kappa shape index (κ3) is 5.40. The van der Waals surface area contributed by atoms with E-state index in [2.05, 4.69) is 15.6 Å². The van der Waals surface area contributed by atoms with Crippen LogP contribution in [-0.4, -0.2) is 47.9 Å². The number of amides is 2. The lowest BCUT2D eigenvalue weighted by Gasteiger charge is -2.20. The fourth-order valence-electron chi connectivity index (χ4n) is 2.46. The number of anilines is 1. The lowest BCUT2D eigenvalue weighted by atomic mass is 10.2. The van der Waals surface area contributed by atoms with E-state index < -0.39 is 0 Å². The zero-order chi connectivity index (χ0) is 16.1. The fraction of sp³-hybridized carbons (Fsp3) is 0.312. The van der Waals surface area contributed by atoms with Gasteiger partial charge in [0.15, 0.2) is 0 Å². The third-order valence-corrected chi connectivity index (χ3v) is 4.58. The minimum absolute atomic E-state index is 0. The Hall–Kier alpha value is -1.67. The van der Waals surface area contributed by atoms with Gasteiger partial charge in [0, 0.05) is 37.6 Å². The Labute approximate surface area is 162 Å². The molecule has 0 atom stereocenters. The number of pyridine rings is 1. The van der Waals surface area contributed by atoms with Gasteiger partial charge < -0.3 is 15.5 Å². The fourth-order valence-corrected chi connectivity index (χ4v) is 3.28. The summed E-state index contributed by atoms with van der Waals surface area (Å²) in [5.41, 5.74) is 1.09. The first-order valence-electron chi connectivity index (χ1n) is 7.54.